The quantitative estimate of drug-likeness (QED) is 0.795. The van der Waals surface area contributed by atoms with Crippen molar-refractivity contribution in [3.8, 4) is 5.75 Å². The molecule has 0 unspecified atom stereocenters. The van der Waals surface area contributed by atoms with Crippen LogP contribution in [0.4, 0.5) is 10.1 Å². The van der Waals surface area contributed by atoms with E-state index in [1.807, 2.05) is 0 Å². The van der Waals surface area contributed by atoms with Crippen LogP contribution in [-0.2, 0) is 16.1 Å². The Balaban J connectivity index is 1.98. The Morgan fingerprint density at radius 1 is 1.23 bits per heavy atom. The van der Waals surface area contributed by atoms with Gasteiger partial charge in [0.1, 0.15) is 11.6 Å². The smallest absolute Gasteiger partial charge is 0.226 e. The van der Waals surface area contributed by atoms with E-state index in [0.29, 0.717) is 22.0 Å². The standard InChI is InChI=1S/C19H20ClFN2O3/c1-13(24)23(12-14-5-3-4-6-16(14)21)10-9-19(25)22-17-11-15(20)7-8-18(17)26-2/h3-8,11H,9-10,12H2,1-2H3,(H,22,25). The van der Waals surface area contributed by atoms with Gasteiger partial charge in [0.05, 0.1) is 12.8 Å². The van der Waals surface area contributed by atoms with Crippen molar-refractivity contribution in [2.45, 2.75) is 19.9 Å². The molecule has 0 fully saturated rings. The maximum atomic E-state index is 13.8. The van der Waals surface area contributed by atoms with Crippen LogP contribution < -0.4 is 10.1 Å². The summed E-state index contributed by atoms with van der Waals surface area (Å²) in [6.45, 7) is 1.66. The summed E-state index contributed by atoms with van der Waals surface area (Å²) in [5.74, 6) is -0.434. The molecule has 26 heavy (non-hydrogen) atoms. The number of nitrogens with zero attached hydrogens (tertiary/aromatic N) is 1. The van der Waals surface area contributed by atoms with Gasteiger partial charge in [0, 0.05) is 37.0 Å². The minimum Gasteiger partial charge on any atom is -0.495 e. The Morgan fingerprint density at radius 3 is 2.62 bits per heavy atom. The van der Waals surface area contributed by atoms with Crippen molar-refractivity contribution < 1.29 is 18.7 Å². The van der Waals surface area contributed by atoms with Gasteiger partial charge in [0.2, 0.25) is 11.8 Å². The molecule has 2 aromatic rings. The molecule has 1 N–H and O–H groups in total. The van der Waals surface area contributed by atoms with Crippen molar-refractivity contribution in [1.29, 1.82) is 0 Å². The van der Waals surface area contributed by atoms with Crippen LogP contribution in [0.25, 0.3) is 0 Å². The molecule has 0 aromatic heterocycles. The van der Waals surface area contributed by atoms with Gasteiger partial charge in [-0.2, -0.15) is 0 Å². The van der Waals surface area contributed by atoms with E-state index in [2.05, 4.69) is 5.32 Å². The predicted octanol–water partition coefficient (Wildman–Crippen LogP) is 3.87. The molecule has 0 aliphatic heterocycles. The molecule has 2 amide bonds. The van der Waals surface area contributed by atoms with E-state index in [1.54, 1.807) is 36.4 Å². The molecule has 7 heteroatoms. The lowest BCUT2D eigenvalue weighted by atomic mass is 10.2. The van der Waals surface area contributed by atoms with Crippen LogP contribution in [0.3, 0.4) is 0 Å². The number of carbonyl (C=O) groups is 2. The minimum atomic E-state index is -0.383. The molecular weight excluding hydrogens is 359 g/mol. The van der Waals surface area contributed by atoms with E-state index in [-0.39, 0.29) is 37.1 Å². The van der Waals surface area contributed by atoms with Crippen LogP contribution >= 0.6 is 11.6 Å². The number of nitrogens with one attached hydrogen (secondary N) is 1. The van der Waals surface area contributed by atoms with Gasteiger partial charge in [0.25, 0.3) is 0 Å². The van der Waals surface area contributed by atoms with E-state index in [1.165, 1.54) is 25.0 Å². The number of carbonyl (C=O) groups excluding carboxylic acids is 2. The Morgan fingerprint density at radius 2 is 1.96 bits per heavy atom. The summed E-state index contributed by atoms with van der Waals surface area (Å²) in [5, 5.41) is 3.18. The van der Waals surface area contributed by atoms with Gasteiger partial charge in [-0.1, -0.05) is 29.8 Å². The Bertz CT molecular complexity index is 798. The summed E-state index contributed by atoms with van der Waals surface area (Å²) in [4.78, 5) is 25.5. The summed E-state index contributed by atoms with van der Waals surface area (Å²) >= 11 is 5.94. The molecule has 0 bridgehead atoms. The van der Waals surface area contributed by atoms with Crippen molar-refractivity contribution >= 4 is 29.1 Å². The maximum absolute atomic E-state index is 13.8. The topological polar surface area (TPSA) is 58.6 Å². The lowest BCUT2D eigenvalue weighted by Crippen LogP contribution is -2.32. The average Bonchev–Trinajstić information content (AvgIpc) is 2.60. The fourth-order valence-corrected chi connectivity index (χ4v) is 2.58. The minimum absolute atomic E-state index is 0.0592. The second-order valence-electron chi connectivity index (χ2n) is 5.67. The molecule has 0 radical (unpaired) electrons. The lowest BCUT2D eigenvalue weighted by molar-refractivity contribution is -0.130. The van der Waals surface area contributed by atoms with E-state index >= 15 is 0 Å². The van der Waals surface area contributed by atoms with Crippen molar-refractivity contribution in [1.82, 2.24) is 4.90 Å². The molecule has 2 aromatic carbocycles. The van der Waals surface area contributed by atoms with Crippen LogP contribution in [-0.4, -0.2) is 30.4 Å². The number of amides is 2. The van der Waals surface area contributed by atoms with Crippen molar-refractivity contribution in [2.24, 2.45) is 0 Å². The molecule has 2 rings (SSSR count). The maximum Gasteiger partial charge on any atom is 0.226 e. The third kappa shape index (κ3) is 5.46. The average molecular weight is 379 g/mol. The van der Waals surface area contributed by atoms with E-state index in [4.69, 9.17) is 16.3 Å². The first-order chi connectivity index (χ1) is 12.4. The Kier molecular flexibility index (Phi) is 6.97. The molecule has 0 saturated carbocycles. The first kappa shape index (κ1) is 19.7. The summed E-state index contributed by atoms with van der Waals surface area (Å²) < 4.78 is 19.0. The van der Waals surface area contributed by atoms with Gasteiger partial charge in [-0.3, -0.25) is 9.59 Å². The number of anilines is 1. The third-order valence-corrected chi connectivity index (χ3v) is 4.04. The summed E-state index contributed by atoms with van der Waals surface area (Å²) in [6.07, 6.45) is 0.0592. The second-order valence-corrected chi connectivity index (χ2v) is 6.11. The number of hydrogen-bond donors (Lipinski definition) is 1. The van der Waals surface area contributed by atoms with E-state index < -0.39 is 0 Å². The highest BCUT2D eigenvalue weighted by atomic mass is 35.5. The van der Waals surface area contributed by atoms with Crippen LogP contribution in [0.5, 0.6) is 5.75 Å². The lowest BCUT2D eigenvalue weighted by Gasteiger charge is -2.21. The number of benzene rings is 2. The van der Waals surface area contributed by atoms with Gasteiger partial charge in [-0.25, -0.2) is 4.39 Å². The molecule has 0 saturated heterocycles. The zero-order chi connectivity index (χ0) is 19.1. The molecule has 0 aliphatic carbocycles. The highest BCUT2D eigenvalue weighted by molar-refractivity contribution is 6.31. The summed E-state index contributed by atoms with van der Waals surface area (Å²) in [5.41, 5.74) is 0.855. The number of halogens is 2. The summed E-state index contributed by atoms with van der Waals surface area (Å²) in [7, 11) is 1.49. The normalized spacial score (nSPS) is 10.3. The molecular formula is C19H20ClFN2O3. The highest BCUT2D eigenvalue weighted by Crippen LogP contribution is 2.27. The fraction of sp³-hybridized carbons (Fsp3) is 0.263. The van der Waals surface area contributed by atoms with E-state index in [0.717, 1.165) is 0 Å². The van der Waals surface area contributed by atoms with Gasteiger partial charge >= 0.3 is 0 Å². The highest BCUT2D eigenvalue weighted by Gasteiger charge is 2.15. The van der Waals surface area contributed by atoms with Crippen molar-refractivity contribution in [2.75, 3.05) is 19.0 Å². The third-order valence-electron chi connectivity index (χ3n) is 3.81. The molecule has 0 spiro atoms. The Hall–Kier alpha value is -2.60. The first-order valence-electron chi connectivity index (χ1n) is 8.03. The predicted molar refractivity (Wildman–Crippen MR) is 98.7 cm³/mol. The molecule has 0 heterocycles. The van der Waals surface area contributed by atoms with Gasteiger partial charge in [0.15, 0.2) is 0 Å². The zero-order valence-corrected chi connectivity index (χ0v) is 15.3. The van der Waals surface area contributed by atoms with Crippen LogP contribution in [0.15, 0.2) is 42.5 Å². The van der Waals surface area contributed by atoms with Crippen molar-refractivity contribution in [3.05, 3.63) is 58.9 Å². The number of methoxy groups -OCH3 is 1. The monoisotopic (exact) mass is 378 g/mol. The molecule has 5 nitrogen and oxygen atoms in total. The largest absolute Gasteiger partial charge is 0.495 e. The van der Waals surface area contributed by atoms with Gasteiger partial charge in [-0.05, 0) is 24.3 Å². The Labute approximate surface area is 156 Å². The number of rotatable bonds is 7. The van der Waals surface area contributed by atoms with Crippen LogP contribution in [0.1, 0.15) is 18.9 Å². The molecule has 0 aliphatic rings. The van der Waals surface area contributed by atoms with Crippen LogP contribution in [0, 0.1) is 5.82 Å². The molecule has 138 valence electrons. The van der Waals surface area contributed by atoms with Gasteiger partial charge < -0.3 is 15.0 Å². The molecule has 0 atom stereocenters. The van der Waals surface area contributed by atoms with Crippen LogP contribution in [0.2, 0.25) is 5.02 Å². The SMILES string of the molecule is COc1ccc(Cl)cc1NC(=O)CCN(Cc1ccccc1F)C(C)=O. The zero-order valence-electron chi connectivity index (χ0n) is 14.6. The second kappa shape index (κ2) is 9.20. The number of hydrogen-bond acceptors (Lipinski definition) is 3. The fourth-order valence-electron chi connectivity index (χ4n) is 2.41. The first-order valence-corrected chi connectivity index (χ1v) is 8.41. The summed E-state index contributed by atoms with van der Waals surface area (Å²) in [6, 6.07) is 11.1. The van der Waals surface area contributed by atoms with Gasteiger partial charge in [-0.15, -0.1) is 0 Å². The number of ether oxygens (including phenoxy) is 1. The van der Waals surface area contributed by atoms with E-state index in [9.17, 15) is 14.0 Å². The van der Waals surface area contributed by atoms with Crippen molar-refractivity contribution in [3.63, 3.8) is 0 Å².